The average molecular weight is 376 g/mol. The summed E-state index contributed by atoms with van der Waals surface area (Å²) in [6, 6.07) is 9.48. The molecule has 0 aliphatic heterocycles. The van der Waals surface area contributed by atoms with Crippen LogP contribution in [0.4, 0.5) is 0 Å². The molecular formula is C18H14ClNO4S. The van der Waals surface area contributed by atoms with Crippen LogP contribution in [0.2, 0.25) is 5.02 Å². The van der Waals surface area contributed by atoms with Gasteiger partial charge in [-0.15, -0.1) is 0 Å². The standard InChI is InChI=1S/C18H14ClNO4S/c1-10-5-6-11(14(19)7-10)8-12-9-15(21)17-13(18(12)22)3-2-4-16(17)25(20,23)24/h2-7,9H,8H2,1H3,(H2,20,23,24). The third-order valence-electron chi connectivity index (χ3n) is 4.01. The number of Topliss-reactive ketones (excluding diaryl/α,β-unsaturated/α-hetero) is 1. The third kappa shape index (κ3) is 3.28. The van der Waals surface area contributed by atoms with Crippen molar-refractivity contribution >= 4 is 33.2 Å². The highest BCUT2D eigenvalue weighted by Crippen LogP contribution is 2.29. The molecule has 2 N–H and O–H groups in total. The zero-order valence-electron chi connectivity index (χ0n) is 13.2. The molecule has 128 valence electrons. The Balaban J connectivity index is 2.07. The summed E-state index contributed by atoms with van der Waals surface area (Å²) in [7, 11) is -4.11. The maximum atomic E-state index is 12.7. The number of fused-ring (bicyclic) bond motifs is 1. The highest BCUT2D eigenvalue weighted by atomic mass is 35.5. The molecule has 1 aliphatic rings. The molecule has 0 amide bonds. The molecule has 0 unspecified atom stereocenters. The van der Waals surface area contributed by atoms with Crippen LogP contribution in [0.3, 0.4) is 0 Å². The van der Waals surface area contributed by atoms with Gasteiger partial charge in [0.15, 0.2) is 11.6 Å². The van der Waals surface area contributed by atoms with Gasteiger partial charge in [-0.1, -0.05) is 35.9 Å². The maximum Gasteiger partial charge on any atom is 0.238 e. The molecule has 0 fully saturated rings. The molecule has 0 saturated heterocycles. The zero-order chi connectivity index (χ0) is 18.4. The van der Waals surface area contributed by atoms with Crippen molar-refractivity contribution < 1.29 is 18.0 Å². The van der Waals surface area contributed by atoms with Crippen LogP contribution in [-0.2, 0) is 16.4 Å². The average Bonchev–Trinajstić information content (AvgIpc) is 2.53. The summed E-state index contributed by atoms with van der Waals surface area (Å²) in [4.78, 5) is 24.8. The largest absolute Gasteiger partial charge is 0.289 e. The van der Waals surface area contributed by atoms with Crippen LogP contribution >= 0.6 is 11.6 Å². The van der Waals surface area contributed by atoms with Crippen molar-refractivity contribution in [3.63, 3.8) is 0 Å². The number of nitrogens with two attached hydrogens (primary N) is 1. The van der Waals surface area contributed by atoms with Crippen molar-refractivity contribution in [3.05, 3.63) is 75.3 Å². The number of sulfonamides is 1. The van der Waals surface area contributed by atoms with E-state index in [1.807, 2.05) is 13.0 Å². The van der Waals surface area contributed by atoms with Gasteiger partial charge in [0.2, 0.25) is 10.0 Å². The monoisotopic (exact) mass is 375 g/mol. The van der Waals surface area contributed by atoms with Gasteiger partial charge in [0.25, 0.3) is 0 Å². The van der Waals surface area contributed by atoms with Gasteiger partial charge >= 0.3 is 0 Å². The van der Waals surface area contributed by atoms with Crippen molar-refractivity contribution in [1.29, 1.82) is 0 Å². The number of allylic oxidation sites excluding steroid dienone is 2. The van der Waals surface area contributed by atoms with Crippen molar-refractivity contribution in [1.82, 2.24) is 0 Å². The Morgan fingerprint density at radius 2 is 1.84 bits per heavy atom. The number of aryl methyl sites for hydroxylation is 1. The predicted octanol–water partition coefficient (Wildman–Crippen LogP) is 2.84. The minimum atomic E-state index is -4.11. The van der Waals surface area contributed by atoms with Crippen LogP contribution < -0.4 is 5.14 Å². The third-order valence-corrected chi connectivity index (χ3v) is 5.32. The minimum Gasteiger partial charge on any atom is -0.289 e. The van der Waals surface area contributed by atoms with Crippen LogP contribution in [0.25, 0.3) is 0 Å². The summed E-state index contributed by atoms with van der Waals surface area (Å²) in [6.07, 6.45) is 1.35. The highest BCUT2D eigenvalue weighted by Gasteiger charge is 2.30. The fourth-order valence-corrected chi connectivity index (χ4v) is 3.88. The molecule has 0 heterocycles. The number of halogens is 1. The molecule has 0 spiro atoms. The molecule has 0 atom stereocenters. The van der Waals surface area contributed by atoms with Crippen LogP contribution in [0, 0.1) is 6.92 Å². The number of hydrogen-bond acceptors (Lipinski definition) is 4. The Morgan fingerprint density at radius 3 is 2.48 bits per heavy atom. The Morgan fingerprint density at radius 1 is 1.12 bits per heavy atom. The van der Waals surface area contributed by atoms with Crippen LogP contribution in [-0.4, -0.2) is 20.0 Å². The number of carbonyl (C=O) groups excluding carboxylic acids is 2. The van der Waals surface area contributed by atoms with Crippen molar-refractivity contribution in [2.24, 2.45) is 5.14 Å². The van der Waals surface area contributed by atoms with E-state index in [-0.39, 0.29) is 28.0 Å². The first-order valence-electron chi connectivity index (χ1n) is 7.39. The van der Waals surface area contributed by atoms with Crippen LogP contribution in [0.1, 0.15) is 31.8 Å². The van der Waals surface area contributed by atoms with Crippen molar-refractivity contribution in [2.75, 3.05) is 0 Å². The number of primary sulfonamides is 1. The summed E-state index contributed by atoms with van der Waals surface area (Å²) < 4.78 is 23.4. The lowest BCUT2D eigenvalue weighted by Gasteiger charge is -2.17. The summed E-state index contributed by atoms with van der Waals surface area (Å²) in [5.74, 6) is -0.964. The zero-order valence-corrected chi connectivity index (χ0v) is 14.8. The molecule has 2 aromatic carbocycles. The first-order chi connectivity index (χ1) is 11.7. The lowest BCUT2D eigenvalue weighted by molar-refractivity contribution is 0.0980. The van der Waals surface area contributed by atoms with Crippen molar-refractivity contribution in [3.8, 4) is 0 Å². The van der Waals surface area contributed by atoms with E-state index in [0.717, 1.165) is 11.6 Å². The first kappa shape index (κ1) is 17.5. The fourth-order valence-electron chi connectivity index (χ4n) is 2.81. The van der Waals surface area contributed by atoms with E-state index in [1.165, 1.54) is 18.2 Å². The molecule has 0 radical (unpaired) electrons. The van der Waals surface area contributed by atoms with Gasteiger partial charge in [-0.05, 0) is 36.3 Å². The lowest BCUT2D eigenvalue weighted by Crippen LogP contribution is -2.23. The second-order valence-corrected chi connectivity index (χ2v) is 7.80. The van der Waals surface area contributed by atoms with Crippen LogP contribution in [0.5, 0.6) is 0 Å². The Hall–Kier alpha value is -2.28. The van der Waals surface area contributed by atoms with E-state index in [4.69, 9.17) is 16.7 Å². The van der Waals surface area contributed by atoms with E-state index in [0.29, 0.717) is 10.6 Å². The molecule has 0 aromatic heterocycles. The van der Waals surface area contributed by atoms with Gasteiger partial charge in [-0.2, -0.15) is 0 Å². The summed E-state index contributed by atoms with van der Waals surface area (Å²) in [6.45, 7) is 1.90. The molecule has 1 aliphatic carbocycles. The summed E-state index contributed by atoms with van der Waals surface area (Å²) in [5.41, 5.74) is 1.82. The number of hydrogen-bond donors (Lipinski definition) is 1. The number of ketones is 2. The smallest absolute Gasteiger partial charge is 0.238 e. The van der Waals surface area contributed by atoms with Gasteiger partial charge in [-0.3, -0.25) is 9.59 Å². The van der Waals surface area contributed by atoms with E-state index in [1.54, 1.807) is 12.1 Å². The molecule has 0 saturated carbocycles. The van der Waals surface area contributed by atoms with Gasteiger partial charge in [0.1, 0.15) is 0 Å². The van der Waals surface area contributed by atoms with Crippen molar-refractivity contribution in [2.45, 2.75) is 18.2 Å². The number of carbonyl (C=O) groups is 2. The molecular weight excluding hydrogens is 362 g/mol. The highest BCUT2D eigenvalue weighted by molar-refractivity contribution is 7.89. The number of benzene rings is 2. The SMILES string of the molecule is Cc1ccc(CC2=CC(=O)c3c(cccc3S(N)(=O)=O)C2=O)c(Cl)c1. The Bertz CT molecular complexity index is 1050. The molecule has 7 heteroatoms. The second-order valence-electron chi connectivity index (χ2n) is 5.86. The van der Waals surface area contributed by atoms with Gasteiger partial charge in [-0.25, -0.2) is 13.6 Å². The minimum absolute atomic E-state index is 0.0391. The summed E-state index contributed by atoms with van der Waals surface area (Å²) >= 11 is 6.20. The molecule has 0 bridgehead atoms. The van der Waals surface area contributed by atoms with E-state index >= 15 is 0 Å². The normalized spacial score (nSPS) is 14.3. The van der Waals surface area contributed by atoms with Gasteiger partial charge < -0.3 is 0 Å². The Kier molecular flexibility index (Phi) is 4.36. The molecule has 25 heavy (non-hydrogen) atoms. The molecule has 2 aromatic rings. The van der Waals surface area contributed by atoms with E-state index < -0.39 is 21.6 Å². The quantitative estimate of drug-likeness (QED) is 0.892. The maximum absolute atomic E-state index is 12.7. The van der Waals surface area contributed by atoms with Gasteiger partial charge in [0, 0.05) is 22.6 Å². The van der Waals surface area contributed by atoms with Gasteiger partial charge in [0.05, 0.1) is 10.5 Å². The Labute approximate surface area is 150 Å². The predicted molar refractivity (Wildman–Crippen MR) is 94.5 cm³/mol. The topological polar surface area (TPSA) is 94.3 Å². The lowest BCUT2D eigenvalue weighted by atomic mass is 9.86. The second kappa shape index (κ2) is 6.22. The first-order valence-corrected chi connectivity index (χ1v) is 9.31. The number of rotatable bonds is 3. The molecule has 3 rings (SSSR count). The van der Waals surface area contributed by atoms with E-state index in [2.05, 4.69) is 0 Å². The van der Waals surface area contributed by atoms with Crippen LogP contribution in [0.15, 0.2) is 52.9 Å². The summed E-state index contributed by atoms with van der Waals surface area (Å²) in [5, 5.41) is 5.66. The molecule has 5 nitrogen and oxygen atoms in total. The fraction of sp³-hybridized carbons (Fsp3) is 0.111. The van der Waals surface area contributed by atoms with E-state index in [9.17, 15) is 18.0 Å².